The summed E-state index contributed by atoms with van der Waals surface area (Å²) in [6, 6.07) is 12.7. The summed E-state index contributed by atoms with van der Waals surface area (Å²) in [6.07, 6.45) is -2.11. The number of aliphatic hydroxyl groups excluding tert-OH is 1. The van der Waals surface area contributed by atoms with Crippen molar-refractivity contribution < 1.29 is 37.7 Å². The molecule has 1 unspecified atom stereocenters. The molecule has 0 radical (unpaired) electrons. The molecule has 0 aliphatic carbocycles. The van der Waals surface area contributed by atoms with Crippen LogP contribution in [0.5, 0.6) is 0 Å². The van der Waals surface area contributed by atoms with Crippen LogP contribution in [0, 0.1) is 11.8 Å². The second-order valence-corrected chi connectivity index (χ2v) is 12.1. The van der Waals surface area contributed by atoms with Crippen molar-refractivity contribution in [1.29, 1.82) is 0 Å². The number of ether oxygens (including phenoxy) is 2. The number of nitrogens with one attached hydrogen (secondary N) is 1. The fraction of sp³-hybridized carbons (Fsp3) is 0.536. The van der Waals surface area contributed by atoms with Gasteiger partial charge in [-0.2, -0.15) is 0 Å². The van der Waals surface area contributed by atoms with Crippen LogP contribution in [0.1, 0.15) is 38.7 Å². The quantitative estimate of drug-likeness (QED) is 0.207. The van der Waals surface area contributed by atoms with Gasteiger partial charge in [-0.15, -0.1) is 0 Å². The molecule has 0 aromatic heterocycles. The van der Waals surface area contributed by atoms with E-state index in [1.807, 2.05) is 44.2 Å². The van der Waals surface area contributed by atoms with Gasteiger partial charge in [0.2, 0.25) is 0 Å². The number of amides is 1. The third-order valence-electron chi connectivity index (χ3n) is 7.69. The first-order chi connectivity index (χ1) is 19.1. The number of nitrogen functional groups attached to an aromatic ring is 1. The molecule has 2 heterocycles. The van der Waals surface area contributed by atoms with E-state index < -0.39 is 52.6 Å². The summed E-state index contributed by atoms with van der Waals surface area (Å²) in [4.78, 5) is 18.0. The Hall–Kier alpha value is -2.74. The van der Waals surface area contributed by atoms with Crippen LogP contribution in [0.3, 0.4) is 0 Å². The van der Waals surface area contributed by atoms with Crippen molar-refractivity contribution >= 4 is 21.8 Å². The summed E-state index contributed by atoms with van der Waals surface area (Å²) in [7, 11) is -4.38. The number of nitrogens with two attached hydrogens (primary N) is 1. The maximum Gasteiger partial charge on any atom is 0.404 e. The third kappa shape index (κ3) is 6.76. The van der Waals surface area contributed by atoms with Crippen molar-refractivity contribution in [3.63, 3.8) is 0 Å². The van der Waals surface area contributed by atoms with Gasteiger partial charge in [-0.05, 0) is 49.4 Å². The second-order valence-electron chi connectivity index (χ2n) is 10.3. The van der Waals surface area contributed by atoms with Crippen LogP contribution in [0.4, 0.5) is 10.5 Å². The van der Waals surface area contributed by atoms with Crippen LogP contribution in [0.2, 0.25) is 0 Å². The van der Waals surface area contributed by atoms with E-state index in [4.69, 9.17) is 20.0 Å². The largest absolute Gasteiger partial charge is 0.465 e. The number of fused-ring (bicyclic) bond motifs is 1. The van der Waals surface area contributed by atoms with E-state index in [0.29, 0.717) is 25.9 Å². The van der Waals surface area contributed by atoms with Crippen molar-refractivity contribution in [2.24, 2.45) is 11.8 Å². The summed E-state index contributed by atoms with van der Waals surface area (Å²) in [5.41, 5.74) is 6.97. The number of nitrogens with zero attached hydrogens (tertiary/aromatic N) is 1. The zero-order valence-corrected chi connectivity index (χ0v) is 23.6. The van der Waals surface area contributed by atoms with E-state index in [-0.39, 0.29) is 29.5 Å². The molecular weight excluding hydrogens is 538 g/mol. The number of anilines is 1. The Bertz CT molecular complexity index is 1230. The van der Waals surface area contributed by atoms with Crippen LogP contribution in [0.15, 0.2) is 59.5 Å². The van der Waals surface area contributed by atoms with Gasteiger partial charge in [0.25, 0.3) is 10.0 Å². The molecule has 0 bridgehead atoms. The van der Waals surface area contributed by atoms with Gasteiger partial charge in [0.1, 0.15) is 0 Å². The highest BCUT2D eigenvalue weighted by Crippen LogP contribution is 2.42. The van der Waals surface area contributed by atoms with Crippen LogP contribution in [-0.2, 0) is 30.8 Å². The van der Waals surface area contributed by atoms with E-state index in [0.717, 1.165) is 10.0 Å². The Morgan fingerprint density at radius 3 is 2.52 bits per heavy atom. The lowest BCUT2D eigenvalue weighted by Crippen LogP contribution is -2.60. The lowest BCUT2D eigenvalue weighted by Gasteiger charge is -2.41. The molecule has 2 aromatic rings. The summed E-state index contributed by atoms with van der Waals surface area (Å²) in [5, 5.41) is 24.1. The molecule has 1 amide bonds. The highest BCUT2D eigenvalue weighted by atomic mass is 32.2. The predicted octanol–water partition coefficient (Wildman–Crippen LogP) is 3.00. The van der Waals surface area contributed by atoms with Gasteiger partial charge < -0.3 is 30.7 Å². The van der Waals surface area contributed by atoms with Crippen LogP contribution >= 0.6 is 0 Å². The number of carbonyl (C=O) groups is 1. The molecule has 0 spiro atoms. The highest BCUT2D eigenvalue weighted by molar-refractivity contribution is 7.89. The lowest BCUT2D eigenvalue weighted by atomic mass is 9.82. The molecular formula is C28H39N3O8S. The molecule has 2 aliphatic rings. The molecule has 40 heavy (non-hydrogen) atoms. The topological polar surface area (TPSA) is 161 Å². The van der Waals surface area contributed by atoms with E-state index >= 15 is 0 Å². The minimum Gasteiger partial charge on any atom is -0.465 e. The van der Waals surface area contributed by atoms with Gasteiger partial charge >= 0.3 is 6.09 Å². The first-order valence-corrected chi connectivity index (χ1v) is 15.1. The predicted molar refractivity (Wildman–Crippen MR) is 148 cm³/mol. The van der Waals surface area contributed by atoms with Crippen molar-refractivity contribution in [1.82, 2.24) is 9.79 Å². The third-order valence-corrected chi connectivity index (χ3v) is 9.35. The Kier molecular flexibility index (Phi) is 10.0. The first-order valence-electron chi connectivity index (χ1n) is 13.7. The molecule has 12 heteroatoms. The van der Waals surface area contributed by atoms with E-state index in [1.165, 1.54) is 18.2 Å². The molecule has 6 atom stereocenters. The summed E-state index contributed by atoms with van der Waals surface area (Å²) < 4.78 is 41.0. The van der Waals surface area contributed by atoms with Gasteiger partial charge in [0, 0.05) is 17.5 Å². The fourth-order valence-electron chi connectivity index (χ4n) is 5.56. The van der Waals surface area contributed by atoms with Crippen molar-refractivity contribution in [2.45, 2.75) is 75.0 Å². The standard InChI is InChI=1S/C28H39N3O8S/c1-3-20(4-2)39-31(40(35,36)21-12-8-11-19(29)16-21)25(23-17-38-27-22(23)13-14-37-27)26(32)24(30-28(33)34)15-18-9-6-5-7-10-18/h5-12,16,20,22-27,30,32H,3-4,13-15,17,29H2,1-2H3,(H,33,34)/t22-,23+,24-,25?,26+,27+/m0/s1. The summed E-state index contributed by atoms with van der Waals surface area (Å²) in [6.45, 7) is 4.31. The number of benzene rings is 2. The van der Waals surface area contributed by atoms with Gasteiger partial charge in [-0.1, -0.05) is 54.7 Å². The average Bonchev–Trinajstić information content (AvgIpc) is 3.55. The van der Waals surface area contributed by atoms with Gasteiger partial charge in [-0.3, -0.25) is 4.84 Å². The van der Waals surface area contributed by atoms with Crippen LogP contribution in [0.25, 0.3) is 0 Å². The molecule has 11 nitrogen and oxygen atoms in total. The molecule has 2 fully saturated rings. The Morgan fingerprint density at radius 2 is 1.88 bits per heavy atom. The van der Waals surface area contributed by atoms with Crippen molar-refractivity contribution in [2.75, 3.05) is 18.9 Å². The molecule has 5 N–H and O–H groups in total. The SMILES string of the molecule is CCC(CC)ON(C([C@H](O)[C@H](Cc1ccccc1)NC(=O)O)[C@@H]1CO[C@H]2OCC[C@H]21)S(=O)(=O)c1cccc(N)c1. The number of sulfonamides is 1. The molecule has 2 aromatic carbocycles. The number of rotatable bonds is 13. The normalized spacial score (nSPS) is 23.2. The number of hydrogen-bond donors (Lipinski definition) is 4. The van der Waals surface area contributed by atoms with E-state index in [9.17, 15) is 23.4 Å². The molecule has 2 aliphatic heterocycles. The highest BCUT2D eigenvalue weighted by Gasteiger charge is 2.53. The zero-order chi connectivity index (χ0) is 28.9. The first kappa shape index (κ1) is 30.2. The van der Waals surface area contributed by atoms with Gasteiger partial charge in [-0.25, -0.2) is 13.2 Å². The molecule has 2 saturated heterocycles. The Balaban J connectivity index is 1.83. The number of carboxylic acid groups (broad SMARTS) is 1. The maximum absolute atomic E-state index is 14.3. The second kappa shape index (κ2) is 13.3. The molecule has 0 saturated carbocycles. The Labute approximate surface area is 235 Å². The van der Waals surface area contributed by atoms with Crippen LogP contribution < -0.4 is 11.1 Å². The average molecular weight is 578 g/mol. The fourth-order valence-corrected chi connectivity index (χ4v) is 7.14. The summed E-state index contributed by atoms with van der Waals surface area (Å²) >= 11 is 0. The van der Waals surface area contributed by atoms with Gasteiger partial charge in [0.05, 0.1) is 42.4 Å². The number of hydroxylamine groups is 1. The lowest BCUT2D eigenvalue weighted by molar-refractivity contribution is -0.192. The number of hydrogen-bond acceptors (Lipinski definition) is 8. The van der Waals surface area contributed by atoms with Crippen molar-refractivity contribution in [3.05, 3.63) is 60.2 Å². The molecule has 4 rings (SSSR count). The monoisotopic (exact) mass is 577 g/mol. The smallest absolute Gasteiger partial charge is 0.404 e. The van der Waals surface area contributed by atoms with E-state index in [2.05, 4.69) is 5.32 Å². The maximum atomic E-state index is 14.3. The van der Waals surface area contributed by atoms with Crippen LogP contribution in [-0.4, -0.2) is 73.0 Å². The molecule has 220 valence electrons. The Morgan fingerprint density at radius 1 is 1.15 bits per heavy atom. The minimum absolute atomic E-state index is 0.0976. The minimum atomic E-state index is -4.38. The van der Waals surface area contributed by atoms with E-state index in [1.54, 1.807) is 6.07 Å². The zero-order valence-electron chi connectivity index (χ0n) is 22.8. The van der Waals surface area contributed by atoms with Gasteiger partial charge in [0.15, 0.2) is 6.29 Å². The van der Waals surface area contributed by atoms with Crippen molar-refractivity contribution in [3.8, 4) is 0 Å². The number of aliphatic hydroxyl groups is 1. The summed E-state index contributed by atoms with van der Waals surface area (Å²) in [5.74, 6) is -0.757.